The molecule has 36 heavy (non-hydrogen) atoms. The third-order valence-electron chi connectivity index (χ3n) is 6.29. The number of aromatic nitrogens is 3. The van der Waals surface area contributed by atoms with Crippen molar-refractivity contribution in [1.82, 2.24) is 14.5 Å². The van der Waals surface area contributed by atoms with Gasteiger partial charge in [0.15, 0.2) is 0 Å². The Labute approximate surface area is 214 Å². The molecule has 0 fully saturated rings. The molecule has 0 aliphatic carbocycles. The smallest absolute Gasteiger partial charge is 0.256 e. The molecule has 1 aliphatic rings. The first-order chi connectivity index (χ1) is 17.6. The number of fused-ring (bicyclic) bond motifs is 3. The van der Waals surface area contributed by atoms with Crippen LogP contribution in [0, 0.1) is 18.3 Å². The summed E-state index contributed by atoms with van der Waals surface area (Å²) >= 11 is 5.63. The van der Waals surface area contributed by atoms with Gasteiger partial charge in [-0.2, -0.15) is 5.26 Å². The summed E-state index contributed by atoms with van der Waals surface area (Å²) in [4.78, 5) is 22.4. The number of alkyl halides is 1. The van der Waals surface area contributed by atoms with Crippen LogP contribution in [0.15, 0.2) is 60.7 Å². The predicted octanol–water partition coefficient (Wildman–Crippen LogP) is 5.68. The van der Waals surface area contributed by atoms with Gasteiger partial charge < -0.3 is 15.2 Å². The van der Waals surface area contributed by atoms with Crippen molar-refractivity contribution in [1.29, 1.82) is 5.26 Å². The number of allylic oxidation sites excluding steroid dienone is 1. The zero-order valence-corrected chi connectivity index (χ0v) is 20.6. The predicted molar refractivity (Wildman–Crippen MR) is 143 cm³/mol. The Morgan fingerprint density at radius 2 is 2.08 bits per heavy atom. The van der Waals surface area contributed by atoms with E-state index in [-0.39, 0.29) is 5.91 Å². The largest absolute Gasteiger partial charge is 0.381 e. The molecule has 1 aliphatic heterocycles. The fraction of sp³-hybridized carbons (Fsp3) is 0.214. The van der Waals surface area contributed by atoms with E-state index in [9.17, 15) is 10.1 Å². The van der Waals surface area contributed by atoms with Crippen molar-refractivity contribution in [2.75, 3.05) is 23.1 Å². The lowest BCUT2D eigenvalue weighted by atomic mass is 10.0. The van der Waals surface area contributed by atoms with Gasteiger partial charge in [-0.25, -0.2) is 9.97 Å². The van der Waals surface area contributed by atoms with Crippen LogP contribution in [0.3, 0.4) is 0 Å². The maximum Gasteiger partial charge on any atom is 0.256 e. The van der Waals surface area contributed by atoms with Crippen LogP contribution in [0.4, 0.5) is 11.5 Å². The minimum Gasteiger partial charge on any atom is -0.381 e. The summed E-state index contributed by atoms with van der Waals surface area (Å²) in [5, 5.41) is 15.6. The van der Waals surface area contributed by atoms with Gasteiger partial charge >= 0.3 is 0 Å². The monoisotopic (exact) mass is 496 g/mol. The number of halogens is 1. The van der Waals surface area contributed by atoms with E-state index in [0.29, 0.717) is 35.1 Å². The zero-order chi connectivity index (χ0) is 25.1. The van der Waals surface area contributed by atoms with Crippen LogP contribution in [0.25, 0.3) is 22.3 Å². The third-order valence-corrected chi connectivity index (χ3v) is 6.47. The summed E-state index contributed by atoms with van der Waals surface area (Å²) in [5.41, 5.74) is 6.42. The molecule has 1 amide bonds. The molecular weight excluding hydrogens is 472 g/mol. The van der Waals surface area contributed by atoms with Gasteiger partial charge in [0.1, 0.15) is 17.7 Å². The maximum atomic E-state index is 12.9. The summed E-state index contributed by atoms with van der Waals surface area (Å²) in [6, 6.07) is 16.9. The van der Waals surface area contributed by atoms with E-state index in [4.69, 9.17) is 21.6 Å². The molecular formula is C28H25ClN6O. The Morgan fingerprint density at radius 3 is 2.92 bits per heavy atom. The number of amides is 1. The second kappa shape index (κ2) is 10.2. The Balaban J connectivity index is 1.36. The van der Waals surface area contributed by atoms with Crippen molar-refractivity contribution in [2.45, 2.75) is 26.3 Å². The van der Waals surface area contributed by atoms with Crippen LogP contribution in [0.1, 0.15) is 33.7 Å². The van der Waals surface area contributed by atoms with E-state index in [2.05, 4.69) is 40.3 Å². The number of nitrogens with one attached hydrogen (secondary N) is 2. The average molecular weight is 497 g/mol. The molecule has 0 spiro atoms. The lowest BCUT2D eigenvalue weighted by Gasteiger charge is -2.11. The number of anilines is 2. The highest BCUT2D eigenvalue weighted by Gasteiger charge is 2.18. The number of carbonyl (C=O) groups is 1. The van der Waals surface area contributed by atoms with Crippen LogP contribution in [0.5, 0.6) is 0 Å². The number of hydrogen-bond donors (Lipinski definition) is 2. The van der Waals surface area contributed by atoms with Gasteiger partial charge in [0.2, 0.25) is 0 Å². The van der Waals surface area contributed by atoms with Crippen LogP contribution >= 0.6 is 11.6 Å². The number of nitrogens with zero attached hydrogens (tertiary/aromatic N) is 4. The highest BCUT2D eigenvalue weighted by Crippen LogP contribution is 2.30. The zero-order valence-electron chi connectivity index (χ0n) is 19.9. The number of aryl methyl sites for hydroxylation is 3. The Hall–Kier alpha value is -4.15. The van der Waals surface area contributed by atoms with E-state index >= 15 is 0 Å². The highest BCUT2D eigenvalue weighted by atomic mass is 35.5. The van der Waals surface area contributed by atoms with Crippen LogP contribution < -0.4 is 10.6 Å². The van der Waals surface area contributed by atoms with Crippen molar-refractivity contribution >= 4 is 40.0 Å². The molecule has 2 aromatic heterocycles. The van der Waals surface area contributed by atoms with Gasteiger partial charge in [0, 0.05) is 36.5 Å². The standard InChI is InChI=1S/C28H25ClN6O/c1-18-14-25-24(33-27-8-5-13-35(25)27)16-21(18)23-6-4-7-26(32-23)34-28(36)19-9-10-22(20(15-19)17-30)31-12-3-2-11-29/h2-4,6-7,9-10,14-16,31H,5,8,11-13H2,1H3,(H,32,34,36)/b3-2+. The highest BCUT2D eigenvalue weighted by molar-refractivity contribution is 6.18. The molecule has 0 radical (unpaired) electrons. The first kappa shape index (κ1) is 23.6. The molecule has 180 valence electrons. The fourth-order valence-electron chi connectivity index (χ4n) is 4.53. The van der Waals surface area contributed by atoms with E-state index in [0.717, 1.165) is 53.1 Å². The van der Waals surface area contributed by atoms with Crippen LogP contribution in [-0.2, 0) is 13.0 Å². The first-order valence-electron chi connectivity index (χ1n) is 11.8. The minimum absolute atomic E-state index is 0.331. The molecule has 4 aromatic rings. The van der Waals surface area contributed by atoms with Crippen molar-refractivity contribution in [3.05, 3.63) is 83.2 Å². The van der Waals surface area contributed by atoms with Crippen molar-refractivity contribution in [2.24, 2.45) is 0 Å². The Morgan fingerprint density at radius 1 is 1.19 bits per heavy atom. The number of rotatable bonds is 7. The van der Waals surface area contributed by atoms with Crippen molar-refractivity contribution in [3.8, 4) is 17.3 Å². The number of pyridine rings is 1. The molecule has 8 heteroatoms. The van der Waals surface area contributed by atoms with Crippen LogP contribution in [0.2, 0.25) is 0 Å². The molecule has 0 saturated carbocycles. The van der Waals surface area contributed by atoms with Gasteiger partial charge in [-0.05, 0) is 61.4 Å². The van der Waals surface area contributed by atoms with E-state index in [1.807, 2.05) is 24.3 Å². The number of nitriles is 1. The number of benzene rings is 2. The molecule has 5 rings (SSSR count). The van der Waals surface area contributed by atoms with Crippen molar-refractivity contribution < 1.29 is 4.79 Å². The average Bonchev–Trinajstić information content (AvgIpc) is 3.48. The summed E-state index contributed by atoms with van der Waals surface area (Å²) in [7, 11) is 0. The quantitative estimate of drug-likeness (QED) is 0.253. The molecule has 3 heterocycles. The fourth-order valence-corrected chi connectivity index (χ4v) is 4.65. The van der Waals surface area contributed by atoms with Gasteiger partial charge in [-0.1, -0.05) is 18.2 Å². The van der Waals surface area contributed by atoms with E-state index in [1.54, 1.807) is 24.3 Å². The van der Waals surface area contributed by atoms with Gasteiger partial charge in [-0.15, -0.1) is 11.6 Å². The number of carbonyl (C=O) groups excluding carboxylic acids is 1. The summed E-state index contributed by atoms with van der Waals surface area (Å²) < 4.78 is 2.29. The first-order valence-corrected chi connectivity index (χ1v) is 12.4. The van der Waals surface area contributed by atoms with Crippen molar-refractivity contribution in [3.63, 3.8) is 0 Å². The Bertz CT molecular complexity index is 1530. The molecule has 0 saturated heterocycles. The van der Waals surface area contributed by atoms with Gasteiger partial charge in [0.05, 0.1) is 28.0 Å². The number of imidazole rings is 1. The lowest BCUT2D eigenvalue weighted by Crippen LogP contribution is -2.14. The summed E-state index contributed by atoms with van der Waals surface area (Å²) in [6.07, 6.45) is 5.86. The van der Waals surface area contributed by atoms with Gasteiger partial charge in [0.25, 0.3) is 5.91 Å². The summed E-state index contributed by atoms with van der Waals surface area (Å²) in [5.74, 6) is 1.68. The molecule has 0 atom stereocenters. The lowest BCUT2D eigenvalue weighted by molar-refractivity contribution is 0.102. The molecule has 0 unspecified atom stereocenters. The molecule has 2 aromatic carbocycles. The third kappa shape index (κ3) is 4.68. The Kier molecular flexibility index (Phi) is 6.70. The van der Waals surface area contributed by atoms with Crippen LogP contribution in [-0.4, -0.2) is 32.9 Å². The second-order valence-electron chi connectivity index (χ2n) is 8.68. The molecule has 2 N–H and O–H groups in total. The minimum atomic E-state index is -0.331. The SMILES string of the molecule is Cc1cc2c(cc1-c1cccc(NC(=O)c3ccc(NC/C=C/CCl)c(C#N)c3)n1)nc1n2CCC1. The molecule has 0 bridgehead atoms. The second-order valence-corrected chi connectivity index (χ2v) is 8.99. The topological polar surface area (TPSA) is 95.6 Å². The summed E-state index contributed by atoms with van der Waals surface area (Å²) in [6.45, 7) is 3.62. The van der Waals surface area contributed by atoms with E-state index < -0.39 is 0 Å². The molecule has 7 nitrogen and oxygen atoms in total. The maximum absolute atomic E-state index is 12.9. The van der Waals surface area contributed by atoms with Gasteiger partial charge in [-0.3, -0.25) is 4.79 Å². The normalized spacial score (nSPS) is 12.6. The number of hydrogen-bond acceptors (Lipinski definition) is 5. The van der Waals surface area contributed by atoms with E-state index in [1.165, 1.54) is 0 Å².